The van der Waals surface area contributed by atoms with Gasteiger partial charge >= 0.3 is 0 Å². The topological polar surface area (TPSA) is 25.2 Å². The molecular formula is C23H17NO. The van der Waals surface area contributed by atoms with Crippen molar-refractivity contribution in [2.24, 2.45) is 7.05 Å². The maximum Gasteiger partial charge on any atom is 0.131 e. The Labute approximate surface area is 145 Å². The fraction of sp³-hybridized carbons (Fsp3) is 0.0435. The largest absolute Gasteiger partial charge is 0.507 e. The Bertz CT molecular complexity index is 1260. The number of hydrogen-bond donors (Lipinski definition) is 1. The van der Waals surface area contributed by atoms with Gasteiger partial charge in [0.1, 0.15) is 5.75 Å². The molecule has 1 N–H and O–H groups in total. The van der Waals surface area contributed by atoms with Gasteiger partial charge in [-0.1, -0.05) is 66.7 Å². The van der Waals surface area contributed by atoms with Crippen molar-refractivity contribution in [2.45, 2.75) is 0 Å². The summed E-state index contributed by atoms with van der Waals surface area (Å²) in [4.78, 5) is 0. The molecule has 0 saturated heterocycles. The van der Waals surface area contributed by atoms with Crippen molar-refractivity contribution in [2.75, 3.05) is 0 Å². The highest BCUT2D eigenvalue weighted by molar-refractivity contribution is 6.19. The zero-order valence-corrected chi connectivity index (χ0v) is 13.9. The summed E-state index contributed by atoms with van der Waals surface area (Å²) in [6, 6.07) is 24.7. The minimum atomic E-state index is 0.352. The van der Waals surface area contributed by atoms with Gasteiger partial charge in [-0.15, -0.1) is 0 Å². The van der Waals surface area contributed by atoms with E-state index >= 15 is 0 Å². The molecule has 0 saturated carbocycles. The molecule has 0 aliphatic carbocycles. The molecule has 0 unspecified atom stereocenters. The maximum absolute atomic E-state index is 11.2. The third-order valence-corrected chi connectivity index (χ3v) is 5.07. The van der Waals surface area contributed by atoms with E-state index < -0.39 is 0 Å². The van der Waals surface area contributed by atoms with Crippen molar-refractivity contribution >= 4 is 32.4 Å². The molecule has 0 spiro atoms. The van der Waals surface area contributed by atoms with Crippen LogP contribution in [0, 0.1) is 0 Å². The first-order valence-corrected chi connectivity index (χ1v) is 8.42. The summed E-state index contributed by atoms with van der Waals surface area (Å²) in [5.41, 5.74) is 3.14. The van der Waals surface area contributed by atoms with Gasteiger partial charge in [-0.05, 0) is 22.2 Å². The van der Waals surface area contributed by atoms with Gasteiger partial charge in [0, 0.05) is 40.7 Å². The van der Waals surface area contributed by atoms with Gasteiger partial charge in [0.25, 0.3) is 0 Å². The number of rotatable bonds is 1. The van der Waals surface area contributed by atoms with Crippen LogP contribution in [0.5, 0.6) is 5.75 Å². The molecule has 1 aromatic heterocycles. The molecule has 0 bridgehead atoms. The molecule has 5 rings (SSSR count). The Hall–Kier alpha value is -3.26. The van der Waals surface area contributed by atoms with E-state index in [4.69, 9.17) is 0 Å². The Balaban J connectivity index is 2.03. The molecule has 0 amide bonds. The summed E-state index contributed by atoms with van der Waals surface area (Å²) < 4.78 is 2.12. The molecule has 0 radical (unpaired) electrons. The van der Waals surface area contributed by atoms with Gasteiger partial charge in [-0.25, -0.2) is 0 Å². The van der Waals surface area contributed by atoms with Gasteiger partial charge in [0.05, 0.1) is 0 Å². The highest BCUT2D eigenvalue weighted by Gasteiger charge is 2.18. The van der Waals surface area contributed by atoms with E-state index in [0.717, 1.165) is 38.2 Å². The van der Waals surface area contributed by atoms with Crippen LogP contribution in [0.4, 0.5) is 0 Å². The molecular weight excluding hydrogens is 306 g/mol. The van der Waals surface area contributed by atoms with Crippen LogP contribution in [0.2, 0.25) is 0 Å². The number of phenolic OH excluding ortho intramolecular Hbond substituents is 1. The number of aromatic nitrogens is 1. The summed E-state index contributed by atoms with van der Waals surface area (Å²) >= 11 is 0. The molecule has 25 heavy (non-hydrogen) atoms. The molecule has 4 aromatic carbocycles. The first-order valence-electron chi connectivity index (χ1n) is 8.42. The molecule has 1 heterocycles. The second-order valence-corrected chi connectivity index (χ2v) is 6.49. The van der Waals surface area contributed by atoms with E-state index in [1.54, 1.807) is 0 Å². The van der Waals surface area contributed by atoms with Crippen LogP contribution in [0.15, 0.2) is 79.0 Å². The van der Waals surface area contributed by atoms with Crippen molar-refractivity contribution in [3.63, 3.8) is 0 Å². The van der Waals surface area contributed by atoms with E-state index in [9.17, 15) is 5.11 Å². The summed E-state index contributed by atoms with van der Waals surface area (Å²) in [5, 5.41) is 16.5. The van der Waals surface area contributed by atoms with Crippen molar-refractivity contribution in [1.29, 1.82) is 0 Å². The highest BCUT2D eigenvalue weighted by Crippen LogP contribution is 2.45. The summed E-state index contributed by atoms with van der Waals surface area (Å²) in [7, 11) is 2.05. The lowest BCUT2D eigenvalue weighted by Crippen LogP contribution is -1.86. The molecule has 120 valence electrons. The molecule has 0 atom stereocenters. The standard InChI is InChI=1S/C23H17NO/c1-24-14-20(17-10-6-7-13-21(17)24)22-18-11-4-2-8-15(18)16-9-3-5-12-19(16)23(22)25/h2-14,25H,1H3. The first kappa shape index (κ1) is 14.1. The first-order chi connectivity index (χ1) is 12.3. The van der Waals surface area contributed by atoms with E-state index in [1.165, 1.54) is 5.39 Å². The van der Waals surface area contributed by atoms with E-state index in [0.29, 0.717) is 5.75 Å². The third-order valence-electron chi connectivity index (χ3n) is 5.07. The normalized spacial score (nSPS) is 11.6. The number of phenols is 1. The molecule has 2 heteroatoms. The lowest BCUT2D eigenvalue weighted by Gasteiger charge is -2.13. The van der Waals surface area contributed by atoms with E-state index in [1.807, 2.05) is 43.4 Å². The Kier molecular flexibility index (Phi) is 2.89. The predicted octanol–water partition coefficient (Wildman–Crippen LogP) is 5.86. The zero-order valence-electron chi connectivity index (χ0n) is 13.9. The number of benzene rings is 4. The van der Waals surface area contributed by atoms with Crippen molar-refractivity contribution in [1.82, 2.24) is 4.57 Å². The van der Waals surface area contributed by atoms with Gasteiger partial charge in [-0.2, -0.15) is 0 Å². The molecule has 2 nitrogen and oxygen atoms in total. The highest BCUT2D eigenvalue weighted by atomic mass is 16.3. The lowest BCUT2D eigenvalue weighted by atomic mass is 9.92. The average molecular weight is 323 g/mol. The number of para-hydroxylation sites is 1. The fourth-order valence-electron chi connectivity index (χ4n) is 3.94. The number of aryl methyl sites for hydroxylation is 1. The van der Waals surface area contributed by atoms with Gasteiger partial charge in [-0.3, -0.25) is 0 Å². The van der Waals surface area contributed by atoms with Crippen LogP contribution in [-0.4, -0.2) is 9.67 Å². The second kappa shape index (κ2) is 5.12. The van der Waals surface area contributed by atoms with Gasteiger partial charge in [0.15, 0.2) is 0 Å². The van der Waals surface area contributed by atoms with Crippen molar-refractivity contribution < 1.29 is 5.11 Å². The molecule has 0 aliphatic rings. The Morgan fingerprint density at radius 1 is 0.640 bits per heavy atom. The van der Waals surface area contributed by atoms with Gasteiger partial charge < -0.3 is 9.67 Å². The summed E-state index contributed by atoms with van der Waals surface area (Å²) in [6.07, 6.45) is 2.11. The lowest BCUT2D eigenvalue weighted by molar-refractivity contribution is 0.484. The quantitative estimate of drug-likeness (QED) is 0.384. The number of hydrogen-bond acceptors (Lipinski definition) is 1. The van der Waals surface area contributed by atoms with Crippen molar-refractivity contribution in [3.8, 4) is 16.9 Å². The molecule has 0 aliphatic heterocycles. The van der Waals surface area contributed by atoms with Crippen molar-refractivity contribution in [3.05, 3.63) is 79.0 Å². The van der Waals surface area contributed by atoms with E-state index in [-0.39, 0.29) is 0 Å². The zero-order chi connectivity index (χ0) is 17.0. The van der Waals surface area contributed by atoms with Crippen LogP contribution < -0.4 is 0 Å². The number of fused-ring (bicyclic) bond motifs is 4. The van der Waals surface area contributed by atoms with Crippen LogP contribution in [0.25, 0.3) is 43.6 Å². The third kappa shape index (κ3) is 1.91. The monoisotopic (exact) mass is 323 g/mol. The Morgan fingerprint density at radius 3 is 1.88 bits per heavy atom. The minimum absolute atomic E-state index is 0.352. The summed E-state index contributed by atoms with van der Waals surface area (Å²) in [6.45, 7) is 0. The molecule has 0 fully saturated rings. The van der Waals surface area contributed by atoms with Crippen LogP contribution in [0.3, 0.4) is 0 Å². The van der Waals surface area contributed by atoms with Crippen LogP contribution >= 0.6 is 0 Å². The number of nitrogens with zero attached hydrogens (tertiary/aromatic N) is 1. The Morgan fingerprint density at radius 2 is 1.16 bits per heavy atom. The minimum Gasteiger partial charge on any atom is -0.507 e. The smallest absolute Gasteiger partial charge is 0.131 e. The predicted molar refractivity (Wildman–Crippen MR) is 105 cm³/mol. The van der Waals surface area contributed by atoms with Crippen LogP contribution in [0.1, 0.15) is 0 Å². The molecule has 5 aromatic rings. The number of aromatic hydroxyl groups is 1. The maximum atomic E-state index is 11.2. The van der Waals surface area contributed by atoms with Crippen LogP contribution in [-0.2, 0) is 7.05 Å². The SMILES string of the molecule is Cn1cc(-c2c(O)c3ccccc3c3ccccc23)c2ccccc21. The average Bonchev–Trinajstić information content (AvgIpc) is 2.99. The fourth-order valence-corrected chi connectivity index (χ4v) is 3.94. The second-order valence-electron chi connectivity index (χ2n) is 6.49. The summed E-state index contributed by atoms with van der Waals surface area (Å²) in [5.74, 6) is 0.352. The van der Waals surface area contributed by atoms with E-state index in [2.05, 4.69) is 47.2 Å². The van der Waals surface area contributed by atoms with Gasteiger partial charge in [0.2, 0.25) is 0 Å².